The van der Waals surface area contributed by atoms with Crippen LogP contribution >= 0.6 is 11.3 Å². The van der Waals surface area contributed by atoms with E-state index in [1.54, 1.807) is 18.4 Å². The van der Waals surface area contributed by atoms with Crippen LogP contribution in [0.4, 0.5) is 0 Å². The Bertz CT molecular complexity index is 490. The molecule has 0 fully saturated rings. The maximum atomic E-state index is 9.93. The third kappa shape index (κ3) is 3.02. The number of aryl methyl sites for hydroxylation is 2. The van der Waals surface area contributed by atoms with Gasteiger partial charge in [0, 0.05) is 22.3 Å². The van der Waals surface area contributed by atoms with Crippen LogP contribution in [0, 0.1) is 13.8 Å². The van der Waals surface area contributed by atoms with Crippen LogP contribution in [-0.4, -0.2) is 11.7 Å². The first-order valence-electron chi connectivity index (χ1n) is 6.09. The van der Waals surface area contributed by atoms with Crippen molar-refractivity contribution in [3.05, 3.63) is 45.5 Å². The van der Waals surface area contributed by atoms with Gasteiger partial charge < -0.3 is 14.8 Å². The van der Waals surface area contributed by atoms with Crippen molar-refractivity contribution in [3.63, 3.8) is 0 Å². The van der Waals surface area contributed by atoms with Crippen LogP contribution in [-0.2, 0) is 0 Å². The van der Waals surface area contributed by atoms with Crippen molar-refractivity contribution in [1.82, 2.24) is 5.32 Å². The molecule has 2 aromatic heterocycles. The van der Waals surface area contributed by atoms with Crippen LogP contribution in [0.5, 0.6) is 0 Å². The molecule has 2 heterocycles. The molecule has 0 aliphatic heterocycles. The van der Waals surface area contributed by atoms with Crippen molar-refractivity contribution in [2.75, 3.05) is 6.54 Å². The Balaban J connectivity index is 1.92. The monoisotopic (exact) mass is 265 g/mol. The lowest BCUT2D eigenvalue weighted by Crippen LogP contribution is -2.24. The van der Waals surface area contributed by atoms with Gasteiger partial charge in [-0.15, -0.1) is 11.3 Å². The zero-order valence-electron chi connectivity index (χ0n) is 10.9. The molecule has 2 atom stereocenters. The van der Waals surface area contributed by atoms with Crippen LogP contribution in [0.2, 0.25) is 0 Å². The molecule has 2 rings (SSSR count). The summed E-state index contributed by atoms with van der Waals surface area (Å²) in [6.45, 7) is 6.85. The Morgan fingerprint density at radius 3 is 2.78 bits per heavy atom. The average molecular weight is 265 g/mol. The van der Waals surface area contributed by atoms with Gasteiger partial charge in [-0.3, -0.25) is 0 Å². The number of hydrogen-bond acceptors (Lipinski definition) is 4. The zero-order valence-corrected chi connectivity index (χ0v) is 11.8. The number of hydrogen-bond donors (Lipinski definition) is 2. The van der Waals surface area contributed by atoms with Crippen LogP contribution < -0.4 is 5.32 Å². The topological polar surface area (TPSA) is 45.4 Å². The van der Waals surface area contributed by atoms with E-state index in [1.165, 1.54) is 15.3 Å². The van der Waals surface area contributed by atoms with Gasteiger partial charge in [0.1, 0.15) is 11.9 Å². The van der Waals surface area contributed by atoms with E-state index in [1.807, 2.05) is 11.3 Å². The van der Waals surface area contributed by atoms with E-state index in [0.29, 0.717) is 12.3 Å². The summed E-state index contributed by atoms with van der Waals surface area (Å²) in [4.78, 5) is 2.66. The fraction of sp³-hybridized carbons (Fsp3) is 0.429. The summed E-state index contributed by atoms with van der Waals surface area (Å²) in [6.07, 6.45) is 0.983. The fourth-order valence-electron chi connectivity index (χ4n) is 2.06. The fourth-order valence-corrected chi connectivity index (χ4v) is 3.08. The minimum Gasteiger partial charge on any atom is -0.467 e. The predicted octanol–water partition coefficient (Wildman–Crippen LogP) is 3.34. The molecule has 0 radical (unpaired) electrons. The number of nitrogens with one attached hydrogen (secondary N) is 1. The molecule has 2 N–H and O–H groups in total. The van der Waals surface area contributed by atoms with Gasteiger partial charge in [0.15, 0.2) is 0 Å². The molecule has 98 valence electrons. The molecule has 18 heavy (non-hydrogen) atoms. The van der Waals surface area contributed by atoms with E-state index in [9.17, 15) is 5.11 Å². The molecule has 0 aliphatic carbocycles. The summed E-state index contributed by atoms with van der Waals surface area (Å²) >= 11 is 1.81. The molecular weight excluding hydrogens is 246 g/mol. The van der Waals surface area contributed by atoms with E-state index < -0.39 is 6.10 Å². The molecule has 2 aromatic rings. The first kappa shape index (κ1) is 13.3. The van der Waals surface area contributed by atoms with Crippen molar-refractivity contribution >= 4 is 11.3 Å². The van der Waals surface area contributed by atoms with Gasteiger partial charge in [0.2, 0.25) is 0 Å². The minimum absolute atomic E-state index is 0.236. The Hall–Kier alpha value is -1.10. The highest BCUT2D eigenvalue weighted by atomic mass is 32.1. The first-order chi connectivity index (χ1) is 8.58. The number of thiophene rings is 1. The summed E-state index contributed by atoms with van der Waals surface area (Å²) in [5.41, 5.74) is 1.31. The maximum absolute atomic E-state index is 9.93. The second-order valence-electron chi connectivity index (χ2n) is 4.53. The highest BCUT2D eigenvalue weighted by Gasteiger charge is 2.14. The second-order valence-corrected chi connectivity index (χ2v) is 5.99. The number of rotatable bonds is 5. The van der Waals surface area contributed by atoms with Gasteiger partial charge in [-0.05, 0) is 44.5 Å². The minimum atomic E-state index is -0.595. The summed E-state index contributed by atoms with van der Waals surface area (Å²) in [5.74, 6) is 0.605. The van der Waals surface area contributed by atoms with E-state index in [4.69, 9.17) is 4.42 Å². The number of aliphatic hydroxyl groups is 1. The lowest BCUT2D eigenvalue weighted by Gasteiger charge is -2.16. The van der Waals surface area contributed by atoms with Gasteiger partial charge in [0.25, 0.3) is 0 Å². The van der Waals surface area contributed by atoms with Gasteiger partial charge in [-0.2, -0.15) is 0 Å². The van der Waals surface area contributed by atoms with Crippen LogP contribution in [0.3, 0.4) is 0 Å². The third-order valence-electron chi connectivity index (χ3n) is 3.03. The molecular formula is C14H19NO2S. The molecule has 0 bridgehead atoms. The predicted molar refractivity (Wildman–Crippen MR) is 73.9 cm³/mol. The van der Waals surface area contributed by atoms with Crippen LogP contribution in [0.15, 0.2) is 28.9 Å². The Labute approximate surface area is 111 Å². The molecule has 2 unspecified atom stereocenters. The molecule has 0 saturated heterocycles. The van der Waals surface area contributed by atoms with E-state index in [-0.39, 0.29) is 6.04 Å². The Morgan fingerprint density at radius 2 is 2.22 bits per heavy atom. The van der Waals surface area contributed by atoms with Crippen LogP contribution in [0.1, 0.15) is 40.1 Å². The SMILES string of the molecule is Cc1cc(C(C)NCC(O)c2ccco2)c(C)s1. The normalized spacial score (nSPS) is 14.7. The Kier molecular flexibility index (Phi) is 4.22. The summed E-state index contributed by atoms with van der Waals surface area (Å²) in [5, 5.41) is 13.3. The van der Waals surface area contributed by atoms with Crippen molar-refractivity contribution in [3.8, 4) is 0 Å². The Morgan fingerprint density at radius 1 is 1.44 bits per heavy atom. The van der Waals surface area contributed by atoms with Gasteiger partial charge >= 0.3 is 0 Å². The summed E-state index contributed by atoms with van der Waals surface area (Å²) < 4.78 is 5.17. The highest BCUT2D eigenvalue weighted by molar-refractivity contribution is 7.12. The molecule has 3 nitrogen and oxygen atoms in total. The van der Waals surface area contributed by atoms with E-state index in [2.05, 4.69) is 32.2 Å². The molecule has 0 amide bonds. The van der Waals surface area contributed by atoms with Crippen LogP contribution in [0.25, 0.3) is 0 Å². The van der Waals surface area contributed by atoms with Crippen molar-refractivity contribution in [2.24, 2.45) is 0 Å². The molecule has 0 aliphatic rings. The van der Waals surface area contributed by atoms with Gasteiger partial charge in [-0.1, -0.05) is 0 Å². The van der Waals surface area contributed by atoms with Crippen molar-refractivity contribution in [1.29, 1.82) is 0 Å². The molecule has 4 heteroatoms. The zero-order chi connectivity index (χ0) is 13.1. The quantitative estimate of drug-likeness (QED) is 0.871. The molecule has 0 spiro atoms. The largest absolute Gasteiger partial charge is 0.467 e. The van der Waals surface area contributed by atoms with E-state index in [0.717, 1.165) is 0 Å². The number of aliphatic hydroxyl groups excluding tert-OH is 1. The average Bonchev–Trinajstić information content (AvgIpc) is 2.95. The third-order valence-corrected chi connectivity index (χ3v) is 4.02. The summed E-state index contributed by atoms with van der Waals surface area (Å²) in [6, 6.07) is 6.02. The molecule has 0 aromatic carbocycles. The standard InChI is InChI=1S/C14H19NO2S/c1-9-7-12(11(3)18-9)10(2)15-8-13(16)14-5-4-6-17-14/h4-7,10,13,15-16H,8H2,1-3H3. The second kappa shape index (κ2) is 5.69. The first-order valence-corrected chi connectivity index (χ1v) is 6.91. The summed E-state index contributed by atoms with van der Waals surface area (Å²) in [7, 11) is 0. The van der Waals surface area contributed by atoms with Crippen molar-refractivity contribution in [2.45, 2.75) is 32.9 Å². The lowest BCUT2D eigenvalue weighted by atomic mass is 10.1. The highest BCUT2D eigenvalue weighted by Crippen LogP contribution is 2.26. The van der Waals surface area contributed by atoms with E-state index >= 15 is 0 Å². The van der Waals surface area contributed by atoms with Gasteiger partial charge in [0.05, 0.1) is 6.26 Å². The maximum Gasteiger partial charge on any atom is 0.133 e. The van der Waals surface area contributed by atoms with Crippen molar-refractivity contribution < 1.29 is 9.52 Å². The van der Waals surface area contributed by atoms with Gasteiger partial charge in [-0.25, -0.2) is 0 Å². The smallest absolute Gasteiger partial charge is 0.133 e. The molecule has 0 saturated carbocycles. The number of furan rings is 1. The lowest BCUT2D eigenvalue weighted by molar-refractivity contribution is 0.144.